The highest BCUT2D eigenvalue weighted by Gasteiger charge is 2.45. The third-order valence-corrected chi connectivity index (χ3v) is 12.7. The average molecular weight is 851 g/mol. The van der Waals surface area contributed by atoms with E-state index in [1.54, 1.807) is 18.2 Å². The Hall–Kier alpha value is -4.75. The fourth-order valence-corrected chi connectivity index (χ4v) is 9.16. The highest BCUT2D eigenvalue weighted by atomic mass is 35.5. The third-order valence-electron chi connectivity index (χ3n) is 10.6. The van der Waals surface area contributed by atoms with Gasteiger partial charge in [0.2, 0.25) is 11.8 Å². The summed E-state index contributed by atoms with van der Waals surface area (Å²) in [6.07, 6.45) is -2.84. The van der Waals surface area contributed by atoms with Crippen molar-refractivity contribution in [3.05, 3.63) is 86.9 Å². The van der Waals surface area contributed by atoms with Gasteiger partial charge in [0.05, 0.1) is 38.7 Å². The predicted octanol–water partition coefficient (Wildman–Crippen LogP) is 4.86. The van der Waals surface area contributed by atoms with Crippen molar-refractivity contribution in [2.45, 2.75) is 37.9 Å². The molecule has 14 nitrogen and oxygen atoms in total. The van der Waals surface area contributed by atoms with E-state index in [0.29, 0.717) is 38.2 Å². The van der Waals surface area contributed by atoms with Crippen LogP contribution in [-0.2, 0) is 26.0 Å². The van der Waals surface area contributed by atoms with Crippen LogP contribution in [0.4, 0.5) is 30.2 Å². The van der Waals surface area contributed by atoms with Gasteiger partial charge in [0.15, 0.2) is 0 Å². The molecule has 1 unspecified atom stereocenters. The molecular weight excluding hydrogens is 814 g/mol. The van der Waals surface area contributed by atoms with E-state index >= 15 is 0 Å². The Kier molecular flexibility index (Phi) is 11.3. The van der Waals surface area contributed by atoms with Gasteiger partial charge in [-0.1, -0.05) is 23.2 Å². The summed E-state index contributed by atoms with van der Waals surface area (Å²) in [5, 5.41) is 4.38. The maximum Gasteiger partial charge on any atom is 0.416 e. The highest BCUT2D eigenvalue weighted by molar-refractivity contribution is 7.90. The fraction of sp³-hybridized carbons (Fsp3) is 0.378. The van der Waals surface area contributed by atoms with Crippen molar-refractivity contribution in [1.82, 2.24) is 19.4 Å². The summed E-state index contributed by atoms with van der Waals surface area (Å²) in [4.78, 5) is 68.9. The number of carbonyl (C=O) groups is 5. The van der Waals surface area contributed by atoms with Crippen molar-refractivity contribution in [2.24, 2.45) is 5.92 Å². The number of nitrogens with one attached hydrogen (secondary N) is 3. The molecule has 0 radical (unpaired) electrons. The summed E-state index contributed by atoms with van der Waals surface area (Å²) < 4.78 is 69.9. The number of nitrogens with zero attached hydrogens (tertiary/aromatic N) is 4. The zero-order valence-corrected chi connectivity index (χ0v) is 32.4. The number of amides is 5. The van der Waals surface area contributed by atoms with Crippen molar-refractivity contribution in [1.29, 1.82) is 0 Å². The maximum atomic E-state index is 13.5. The van der Waals surface area contributed by atoms with Crippen molar-refractivity contribution in [3.63, 3.8) is 0 Å². The summed E-state index contributed by atoms with van der Waals surface area (Å²) in [5.74, 6) is -2.72. The van der Waals surface area contributed by atoms with Crippen molar-refractivity contribution >= 4 is 80.0 Å². The molecule has 4 aliphatic rings. The van der Waals surface area contributed by atoms with Crippen LogP contribution in [0.25, 0.3) is 0 Å². The van der Waals surface area contributed by atoms with E-state index < -0.39 is 57.5 Å². The molecule has 0 aliphatic carbocycles. The summed E-state index contributed by atoms with van der Waals surface area (Å²) in [6.45, 7) is 3.44. The van der Waals surface area contributed by atoms with Gasteiger partial charge in [0.1, 0.15) is 6.04 Å². The summed E-state index contributed by atoms with van der Waals surface area (Å²) in [6, 6.07) is 10.4. The molecular formula is C37H36Cl2F3N7O7S. The van der Waals surface area contributed by atoms with Gasteiger partial charge in [-0.15, -0.1) is 0 Å². The van der Waals surface area contributed by atoms with Crippen LogP contribution in [0.1, 0.15) is 62.3 Å². The van der Waals surface area contributed by atoms with Gasteiger partial charge in [0, 0.05) is 62.9 Å². The average Bonchev–Trinajstić information content (AvgIpc) is 3.41. The molecule has 1 atom stereocenters. The Morgan fingerprint density at radius 2 is 1.51 bits per heavy atom. The first kappa shape index (κ1) is 40.4. The van der Waals surface area contributed by atoms with Crippen LogP contribution in [0.3, 0.4) is 0 Å². The molecule has 4 aliphatic heterocycles. The van der Waals surface area contributed by atoms with Crippen LogP contribution < -0.4 is 20.3 Å². The molecule has 5 amide bonds. The number of hydrogen-bond donors (Lipinski definition) is 3. The second kappa shape index (κ2) is 15.9. The lowest BCUT2D eigenvalue weighted by Gasteiger charge is -2.39. The Bertz CT molecular complexity index is 2260. The van der Waals surface area contributed by atoms with Crippen LogP contribution >= 0.6 is 23.2 Å². The molecule has 0 saturated carbocycles. The third kappa shape index (κ3) is 8.60. The first-order valence-electron chi connectivity index (χ1n) is 18.1. The normalized spacial score (nSPS) is 20.1. The van der Waals surface area contributed by atoms with Crippen molar-refractivity contribution < 1.29 is 45.6 Å². The minimum absolute atomic E-state index is 0.0420. The molecule has 3 aromatic rings. The Balaban J connectivity index is 0.909. The van der Waals surface area contributed by atoms with Crippen LogP contribution in [0.2, 0.25) is 10.0 Å². The van der Waals surface area contributed by atoms with Crippen LogP contribution in [0.15, 0.2) is 54.6 Å². The topological polar surface area (TPSA) is 169 Å². The second-order valence-electron chi connectivity index (χ2n) is 14.3. The number of alkyl halides is 3. The SMILES string of the molecule is O=C1CCC(N2C(=O)c3ccc(N4CCC(CN5CCN(S(=O)(=O)Nc6ccc(Cl)cc6C(=O)Nc6ccc(C(F)(F)F)cc6Cl)CC5)CC4)cc3C2=O)C(=O)N1. The Morgan fingerprint density at radius 3 is 2.18 bits per heavy atom. The number of piperazine rings is 1. The largest absolute Gasteiger partial charge is 0.416 e. The van der Waals surface area contributed by atoms with Crippen LogP contribution in [0.5, 0.6) is 0 Å². The van der Waals surface area contributed by atoms with Gasteiger partial charge in [-0.05, 0) is 79.8 Å². The molecule has 3 fully saturated rings. The molecule has 7 rings (SSSR count). The molecule has 57 heavy (non-hydrogen) atoms. The molecule has 3 saturated heterocycles. The molecule has 4 heterocycles. The lowest BCUT2D eigenvalue weighted by Crippen LogP contribution is -2.54. The van der Waals surface area contributed by atoms with Crippen LogP contribution in [0, 0.1) is 5.92 Å². The number of halogens is 5. The van der Waals surface area contributed by atoms with Gasteiger partial charge in [-0.25, -0.2) is 0 Å². The molecule has 0 aromatic heterocycles. The summed E-state index contributed by atoms with van der Waals surface area (Å²) >= 11 is 12.1. The van der Waals surface area contributed by atoms with Crippen molar-refractivity contribution in [3.8, 4) is 0 Å². The molecule has 302 valence electrons. The Labute approximate surface area is 335 Å². The van der Waals surface area contributed by atoms with Gasteiger partial charge in [0.25, 0.3) is 17.7 Å². The first-order chi connectivity index (χ1) is 27.0. The number of anilines is 3. The zero-order valence-electron chi connectivity index (χ0n) is 30.1. The Morgan fingerprint density at radius 1 is 0.825 bits per heavy atom. The van der Waals surface area contributed by atoms with E-state index in [1.807, 2.05) is 0 Å². The number of carbonyl (C=O) groups excluding carboxylic acids is 5. The van der Waals surface area contributed by atoms with Gasteiger partial charge >= 0.3 is 16.4 Å². The van der Waals surface area contributed by atoms with Crippen LogP contribution in [-0.4, -0.2) is 104 Å². The molecule has 20 heteroatoms. The second-order valence-corrected chi connectivity index (χ2v) is 16.8. The molecule has 3 aromatic carbocycles. The number of hydrogen-bond acceptors (Lipinski definition) is 9. The summed E-state index contributed by atoms with van der Waals surface area (Å²) in [5.41, 5.74) is -0.119. The van der Waals surface area contributed by atoms with Gasteiger partial charge in [-0.2, -0.15) is 25.9 Å². The fourth-order valence-electron chi connectivity index (χ4n) is 7.53. The number of piperidine rings is 2. The highest BCUT2D eigenvalue weighted by Crippen LogP contribution is 2.35. The maximum absolute atomic E-state index is 13.5. The smallest absolute Gasteiger partial charge is 0.371 e. The lowest BCUT2D eigenvalue weighted by molar-refractivity contribution is -0.138. The quantitative estimate of drug-likeness (QED) is 0.255. The van der Waals surface area contributed by atoms with E-state index in [0.717, 1.165) is 42.1 Å². The monoisotopic (exact) mass is 849 g/mol. The van der Waals surface area contributed by atoms with Gasteiger partial charge in [-0.3, -0.25) is 38.9 Å². The van der Waals surface area contributed by atoms with Gasteiger partial charge < -0.3 is 15.1 Å². The number of fused-ring (bicyclic) bond motifs is 1. The van der Waals surface area contributed by atoms with E-state index in [-0.39, 0.29) is 64.0 Å². The minimum atomic E-state index is -4.64. The van der Waals surface area contributed by atoms with E-state index in [1.165, 1.54) is 22.5 Å². The van der Waals surface area contributed by atoms with Crippen molar-refractivity contribution in [2.75, 3.05) is 60.8 Å². The number of benzene rings is 3. The van der Waals surface area contributed by atoms with E-state index in [9.17, 15) is 45.6 Å². The molecule has 0 spiro atoms. The number of imide groups is 2. The lowest BCUT2D eigenvalue weighted by atomic mass is 9.95. The standard InChI is InChI=1S/C37H36Cl2F3N7O7S/c38-23-2-6-29(27(18-23)33(51)43-30-5-1-22(17-28(30)39)37(40,41)42)45-57(55,56)48-15-13-46(14-16-48)20-21-9-11-47(12-10-21)24-3-4-25-26(19-24)36(54)49(35(25)53)31-7-8-32(50)44-34(31)52/h1-6,17-19,21,31,45H,7-16,20H2,(H,43,51)(H,44,50,52). The zero-order chi connectivity index (χ0) is 40.8. The molecule has 0 bridgehead atoms. The molecule has 3 N–H and O–H groups in total. The minimum Gasteiger partial charge on any atom is -0.371 e. The number of rotatable bonds is 9. The predicted molar refractivity (Wildman–Crippen MR) is 204 cm³/mol. The van der Waals surface area contributed by atoms with E-state index in [4.69, 9.17) is 23.2 Å². The van der Waals surface area contributed by atoms with E-state index in [2.05, 4.69) is 25.2 Å². The summed E-state index contributed by atoms with van der Waals surface area (Å²) in [7, 11) is -4.13. The first-order valence-corrected chi connectivity index (χ1v) is 20.3.